The standard InChI is InChI=1S/C9H20N2O2/c1-8(10)7-9(12)11-5-3-4-6-13-2/h8H,3-7,10H2,1-2H3,(H,11,12). The molecule has 0 aliphatic rings. The molecular formula is C9H20N2O2. The Kier molecular flexibility index (Phi) is 7.63. The van der Waals surface area contributed by atoms with Crippen LogP contribution in [-0.2, 0) is 9.53 Å². The van der Waals surface area contributed by atoms with E-state index in [0.717, 1.165) is 26.0 Å². The average Bonchev–Trinajstić information content (AvgIpc) is 2.02. The second-order valence-electron chi connectivity index (χ2n) is 3.23. The third-order valence-electron chi connectivity index (χ3n) is 1.60. The van der Waals surface area contributed by atoms with E-state index < -0.39 is 0 Å². The molecule has 3 N–H and O–H groups in total. The SMILES string of the molecule is COCCCCNC(=O)CC(C)N. The summed E-state index contributed by atoms with van der Waals surface area (Å²) < 4.78 is 4.88. The van der Waals surface area contributed by atoms with Gasteiger partial charge in [0.2, 0.25) is 5.91 Å². The van der Waals surface area contributed by atoms with Crippen molar-refractivity contribution in [3.63, 3.8) is 0 Å². The lowest BCUT2D eigenvalue weighted by Gasteiger charge is -2.06. The maximum absolute atomic E-state index is 11.1. The molecule has 0 heterocycles. The molecule has 0 spiro atoms. The molecule has 78 valence electrons. The molecule has 0 aromatic carbocycles. The van der Waals surface area contributed by atoms with Crippen LogP contribution in [0.1, 0.15) is 26.2 Å². The van der Waals surface area contributed by atoms with Gasteiger partial charge in [-0.05, 0) is 19.8 Å². The van der Waals surface area contributed by atoms with E-state index in [4.69, 9.17) is 10.5 Å². The first-order valence-corrected chi connectivity index (χ1v) is 4.68. The average molecular weight is 188 g/mol. The van der Waals surface area contributed by atoms with Crippen molar-refractivity contribution in [2.24, 2.45) is 5.73 Å². The molecule has 0 bridgehead atoms. The Morgan fingerprint density at radius 3 is 2.77 bits per heavy atom. The van der Waals surface area contributed by atoms with Crippen LogP contribution in [0.5, 0.6) is 0 Å². The molecule has 0 aliphatic carbocycles. The van der Waals surface area contributed by atoms with Crippen molar-refractivity contribution < 1.29 is 9.53 Å². The number of carbonyl (C=O) groups is 1. The summed E-state index contributed by atoms with van der Waals surface area (Å²) in [6, 6.07) is -0.0565. The normalized spacial score (nSPS) is 12.5. The van der Waals surface area contributed by atoms with Crippen LogP contribution in [0.4, 0.5) is 0 Å². The van der Waals surface area contributed by atoms with E-state index in [1.54, 1.807) is 7.11 Å². The molecule has 0 aromatic heterocycles. The minimum atomic E-state index is -0.0565. The molecule has 4 nitrogen and oxygen atoms in total. The zero-order valence-corrected chi connectivity index (χ0v) is 8.51. The smallest absolute Gasteiger partial charge is 0.221 e. The van der Waals surface area contributed by atoms with Crippen molar-refractivity contribution in [1.82, 2.24) is 5.32 Å². The van der Waals surface area contributed by atoms with E-state index in [9.17, 15) is 4.79 Å². The van der Waals surface area contributed by atoms with Crippen molar-refractivity contribution in [2.75, 3.05) is 20.3 Å². The minimum Gasteiger partial charge on any atom is -0.385 e. The molecule has 1 amide bonds. The highest BCUT2D eigenvalue weighted by Crippen LogP contribution is 1.89. The summed E-state index contributed by atoms with van der Waals surface area (Å²) in [4.78, 5) is 11.1. The molecule has 0 aliphatic heterocycles. The van der Waals surface area contributed by atoms with Crippen molar-refractivity contribution in [2.45, 2.75) is 32.2 Å². The lowest BCUT2D eigenvalue weighted by atomic mass is 10.2. The molecule has 0 aromatic rings. The number of hydrogen-bond acceptors (Lipinski definition) is 3. The van der Waals surface area contributed by atoms with E-state index in [1.165, 1.54) is 0 Å². The molecule has 1 atom stereocenters. The summed E-state index contributed by atoms with van der Waals surface area (Å²) >= 11 is 0. The molecular weight excluding hydrogens is 168 g/mol. The maximum Gasteiger partial charge on any atom is 0.221 e. The van der Waals surface area contributed by atoms with Gasteiger partial charge in [-0.15, -0.1) is 0 Å². The third kappa shape index (κ3) is 9.30. The van der Waals surface area contributed by atoms with Gasteiger partial charge in [-0.2, -0.15) is 0 Å². The predicted octanol–water partition coefficient (Wildman–Crippen LogP) is 0.267. The summed E-state index contributed by atoms with van der Waals surface area (Å²) in [5.41, 5.74) is 5.46. The second kappa shape index (κ2) is 8.01. The van der Waals surface area contributed by atoms with E-state index in [2.05, 4.69) is 5.32 Å². The number of unbranched alkanes of at least 4 members (excludes halogenated alkanes) is 1. The Morgan fingerprint density at radius 1 is 1.54 bits per heavy atom. The van der Waals surface area contributed by atoms with Crippen molar-refractivity contribution in [1.29, 1.82) is 0 Å². The van der Waals surface area contributed by atoms with Crippen LogP contribution in [0.25, 0.3) is 0 Å². The van der Waals surface area contributed by atoms with Gasteiger partial charge in [0.1, 0.15) is 0 Å². The third-order valence-corrected chi connectivity index (χ3v) is 1.60. The first-order chi connectivity index (χ1) is 6.16. The van der Waals surface area contributed by atoms with E-state index in [0.29, 0.717) is 6.42 Å². The number of ether oxygens (including phenoxy) is 1. The quantitative estimate of drug-likeness (QED) is 0.563. The van der Waals surface area contributed by atoms with Crippen LogP contribution in [0, 0.1) is 0 Å². The highest BCUT2D eigenvalue weighted by Gasteiger charge is 2.02. The summed E-state index contributed by atoms with van der Waals surface area (Å²) in [5, 5.41) is 2.80. The van der Waals surface area contributed by atoms with E-state index >= 15 is 0 Å². The van der Waals surface area contributed by atoms with Gasteiger partial charge in [-0.1, -0.05) is 0 Å². The summed E-state index contributed by atoms with van der Waals surface area (Å²) in [7, 11) is 1.68. The topological polar surface area (TPSA) is 64.3 Å². The molecule has 1 unspecified atom stereocenters. The maximum atomic E-state index is 11.1. The molecule has 0 fully saturated rings. The largest absolute Gasteiger partial charge is 0.385 e. The Balaban J connectivity index is 3.17. The van der Waals surface area contributed by atoms with Crippen LogP contribution in [0.15, 0.2) is 0 Å². The van der Waals surface area contributed by atoms with Gasteiger partial charge >= 0.3 is 0 Å². The minimum absolute atomic E-state index is 0.0346. The van der Waals surface area contributed by atoms with Gasteiger partial charge in [-0.3, -0.25) is 4.79 Å². The zero-order chi connectivity index (χ0) is 10.1. The van der Waals surface area contributed by atoms with Gasteiger partial charge in [0, 0.05) is 32.7 Å². The Labute approximate surface area is 79.8 Å². The number of nitrogens with two attached hydrogens (primary N) is 1. The van der Waals surface area contributed by atoms with Gasteiger partial charge in [0.25, 0.3) is 0 Å². The highest BCUT2D eigenvalue weighted by molar-refractivity contribution is 5.76. The summed E-state index contributed by atoms with van der Waals surface area (Å²) in [6.45, 7) is 3.29. The Bertz CT molecular complexity index is 138. The lowest BCUT2D eigenvalue weighted by Crippen LogP contribution is -2.30. The molecule has 4 heteroatoms. The fourth-order valence-electron chi connectivity index (χ4n) is 0.964. The van der Waals surface area contributed by atoms with Crippen LogP contribution in [-0.4, -0.2) is 32.2 Å². The monoisotopic (exact) mass is 188 g/mol. The number of carbonyl (C=O) groups excluding carboxylic acids is 1. The van der Waals surface area contributed by atoms with E-state index in [-0.39, 0.29) is 11.9 Å². The van der Waals surface area contributed by atoms with Gasteiger partial charge in [0.05, 0.1) is 0 Å². The van der Waals surface area contributed by atoms with Gasteiger partial charge in [0.15, 0.2) is 0 Å². The first kappa shape index (κ1) is 12.4. The van der Waals surface area contributed by atoms with Crippen LogP contribution in [0.3, 0.4) is 0 Å². The van der Waals surface area contributed by atoms with Crippen molar-refractivity contribution in [3.8, 4) is 0 Å². The fourth-order valence-corrected chi connectivity index (χ4v) is 0.964. The number of rotatable bonds is 7. The zero-order valence-electron chi connectivity index (χ0n) is 8.51. The first-order valence-electron chi connectivity index (χ1n) is 4.68. The Hall–Kier alpha value is -0.610. The van der Waals surface area contributed by atoms with Crippen LogP contribution >= 0.6 is 0 Å². The summed E-state index contributed by atoms with van der Waals surface area (Å²) in [5.74, 6) is 0.0346. The van der Waals surface area contributed by atoms with Gasteiger partial charge in [-0.25, -0.2) is 0 Å². The number of hydrogen-bond donors (Lipinski definition) is 2. The van der Waals surface area contributed by atoms with Crippen molar-refractivity contribution >= 4 is 5.91 Å². The van der Waals surface area contributed by atoms with Crippen LogP contribution < -0.4 is 11.1 Å². The Morgan fingerprint density at radius 2 is 2.23 bits per heavy atom. The summed E-state index contributed by atoms with van der Waals surface area (Å²) in [6.07, 6.45) is 2.35. The number of nitrogens with one attached hydrogen (secondary N) is 1. The molecule has 0 saturated carbocycles. The fraction of sp³-hybridized carbons (Fsp3) is 0.889. The van der Waals surface area contributed by atoms with Crippen LogP contribution in [0.2, 0.25) is 0 Å². The van der Waals surface area contributed by atoms with Crippen molar-refractivity contribution in [3.05, 3.63) is 0 Å². The molecule has 13 heavy (non-hydrogen) atoms. The molecule has 0 saturated heterocycles. The lowest BCUT2D eigenvalue weighted by molar-refractivity contribution is -0.121. The van der Waals surface area contributed by atoms with E-state index in [1.807, 2.05) is 6.92 Å². The molecule has 0 rings (SSSR count). The number of methoxy groups -OCH3 is 1. The number of amides is 1. The molecule has 0 radical (unpaired) electrons. The highest BCUT2D eigenvalue weighted by atomic mass is 16.5. The van der Waals surface area contributed by atoms with Gasteiger partial charge < -0.3 is 15.8 Å². The second-order valence-corrected chi connectivity index (χ2v) is 3.23. The predicted molar refractivity (Wildman–Crippen MR) is 52.4 cm³/mol.